The third kappa shape index (κ3) is 6.27. The zero-order chi connectivity index (χ0) is 9.40. The summed E-state index contributed by atoms with van der Waals surface area (Å²) in [7, 11) is 3.41. The molecule has 0 bridgehead atoms. The zero-order valence-electron chi connectivity index (χ0n) is 7.69. The Morgan fingerprint density at radius 1 is 1.67 bits per heavy atom. The topological polar surface area (TPSA) is 49.8 Å². The number of ether oxygens (including phenoxy) is 1. The van der Waals surface area contributed by atoms with Crippen LogP contribution in [0.25, 0.3) is 0 Å². The van der Waals surface area contributed by atoms with Crippen molar-refractivity contribution < 1.29 is 14.6 Å². The lowest BCUT2D eigenvalue weighted by molar-refractivity contribution is -0.108. The van der Waals surface area contributed by atoms with Gasteiger partial charge in [0, 0.05) is 26.6 Å². The molecule has 0 aromatic carbocycles. The summed E-state index contributed by atoms with van der Waals surface area (Å²) in [5, 5.41) is 9.26. The predicted molar refractivity (Wildman–Crippen MR) is 46.1 cm³/mol. The maximum absolute atomic E-state index is 10.0. The van der Waals surface area contributed by atoms with Crippen LogP contribution in [-0.4, -0.2) is 56.3 Å². The van der Waals surface area contributed by atoms with Crippen LogP contribution in [0.1, 0.15) is 6.42 Å². The van der Waals surface area contributed by atoms with Gasteiger partial charge in [0.15, 0.2) is 0 Å². The molecule has 0 heterocycles. The Labute approximate surface area is 73.1 Å². The first-order valence-electron chi connectivity index (χ1n) is 4.00. The number of methoxy groups -OCH3 is 1. The molecular formula is C8H17NO3. The molecule has 4 nitrogen and oxygen atoms in total. The number of hydrogen-bond acceptors (Lipinski definition) is 4. The summed E-state index contributed by atoms with van der Waals surface area (Å²) in [5.74, 6) is 0. The van der Waals surface area contributed by atoms with E-state index in [9.17, 15) is 9.90 Å². The van der Waals surface area contributed by atoms with Crippen LogP contribution in [0, 0.1) is 0 Å². The van der Waals surface area contributed by atoms with E-state index in [1.54, 1.807) is 7.11 Å². The summed E-state index contributed by atoms with van der Waals surface area (Å²) in [6.07, 6.45) is 0.918. The third-order valence-electron chi connectivity index (χ3n) is 1.51. The van der Waals surface area contributed by atoms with Crippen molar-refractivity contribution in [3.8, 4) is 0 Å². The molecule has 0 saturated heterocycles. The number of aliphatic hydroxyl groups excluding tert-OH is 1. The Hall–Kier alpha value is -0.450. The van der Waals surface area contributed by atoms with Gasteiger partial charge in [-0.25, -0.2) is 0 Å². The predicted octanol–water partition coefficient (Wildman–Crippen LogP) is -0.486. The molecule has 4 heteroatoms. The number of likely N-dealkylation sites (N-methyl/N-ethyl adjacent to an activating group) is 1. The lowest BCUT2D eigenvalue weighted by atomic mass is 10.3. The van der Waals surface area contributed by atoms with E-state index in [2.05, 4.69) is 0 Å². The molecule has 0 fully saturated rings. The minimum absolute atomic E-state index is 0.339. The Balaban J connectivity index is 3.39. The Morgan fingerprint density at radius 2 is 2.33 bits per heavy atom. The first kappa shape index (κ1) is 11.6. The van der Waals surface area contributed by atoms with Crippen molar-refractivity contribution in [2.75, 3.05) is 33.9 Å². The van der Waals surface area contributed by atoms with Crippen LogP contribution in [0.4, 0.5) is 0 Å². The molecule has 1 N–H and O–H groups in total. The van der Waals surface area contributed by atoms with Crippen molar-refractivity contribution in [3.63, 3.8) is 0 Å². The van der Waals surface area contributed by atoms with E-state index in [-0.39, 0.29) is 0 Å². The molecule has 0 aliphatic rings. The van der Waals surface area contributed by atoms with Crippen molar-refractivity contribution in [2.24, 2.45) is 0 Å². The van der Waals surface area contributed by atoms with Crippen molar-refractivity contribution in [3.05, 3.63) is 0 Å². The second-order valence-electron chi connectivity index (χ2n) is 2.83. The first-order valence-corrected chi connectivity index (χ1v) is 4.00. The number of rotatable bonds is 7. The van der Waals surface area contributed by atoms with Crippen molar-refractivity contribution in [1.29, 1.82) is 0 Å². The smallest absolute Gasteiger partial charge is 0.121 e. The fourth-order valence-electron chi connectivity index (χ4n) is 0.969. The van der Waals surface area contributed by atoms with Crippen molar-refractivity contribution >= 4 is 6.29 Å². The fourth-order valence-corrected chi connectivity index (χ4v) is 0.969. The van der Waals surface area contributed by atoms with Gasteiger partial charge in [-0.05, 0) is 7.05 Å². The maximum atomic E-state index is 10.0. The molecule has 1 atom stereocenters. The summed E-state index contributed by atoms with van der Waals surface area (Å²) in [6.45, 7) is 1.57. The molecule has 0 amide bonds. The quantitative estimate of drug-likeness (QED) is 0.531. The highest BCUT2D eigenvalue weighted by atomic mass is 16.5. The monoisotopic (exact) mass is 175 g/mol. The Morgan fingerprint density at radius 3 is 2.83 bits per heavy atom. The zero-order valence-corrected chi connectivity index (χ0v) is 7.69. The lowest BCUT2D eigenvalue weighted by Crippen LogP contribution is -2.32. The molecule has 12 heavy (non-hydrogen) atoms. The minimum atomic E-state index is -0.466. The van der Waals surface area contributed by atoms with Gasteiger partial charge in [-0.2, -0.15) is 0 Å². The van der Waals surface area contributed by atoms with Crippen LogP contribution >= 0.6 is 0 Å². The maximum Gasteiger partial charge on any atom is 0.121 e. The van der Waals surface area contributed by atoms with Crippen LogP contribution in [0.5, 0.6) is 0 Å². The molecule has 0 aliphatic carbocycles. The molecule has 0 rings (SSSR count). The van der Waals surface area contributed by atoms with Gasteiger partial charge in [-0.15, -0.1) is 0 Å². The van der Waals surface area contributed by atoms with Gasteiger partial charge in [0.05, 0.1) is 12.7 Å². The summed E-state index contributed by atoms with van der Waals surface area (Å²) in [4.78, 5) is 11.9. The highest BCUT2D eigenvalue weighted by molar-refractivity contribution is 5.49. The first-order chi connectivity index (χ1) is 5.70. The molecule has 0 radical (unpaired) electrons. The van der Waals surface area contributed by atoms with Gasteiger partial charge < -0.3 is 19.5 Å². The molecule has 1 unspecified atom stereocenters. The second kappa shape index (κ2) is 7.21. The highest BCUT2D eigenvalue weighted by Crippen LogP contribution is 1.90. The van der Waals surface area contributed by atoms with Gasteiger partial charge in [-0.1, -0.05) is 0 Å². The van der Waals surface area contributed by atoms with Crippen molar-refractivity contribution in [1.82, 2.24) is 4.90 Å². The third-order valence-corrected chi connectivity index (χ3v) is 1.51. The minimum Gasteiger partial charge on any atom is -0.389 e. The van der Waals surface area contributed by atoms with E-state index in [1.165, 1.54) is 0 Å². The summed E-state index contributed by atoms with van der Waals surface area (Å²) in [6, 6.07) is 0. The van der Waals surface area contributed by atoms with E-state index >= 15 is 0 Å². The van der Waals surface area contributed by atoms with E-state index in [0.29, 0.717) is 26.1 Å². The molecule has 0 aliphatic heterocycles. The van der Waals surface area contributed by atoms with Crippen LogP contribution in [0.3, 0.4) is 0 Å². The van der Waals surface area contributed by atoms with Crippen LogP contribution < -0.4 is 0 Å². The number of aldehydes is 1. The molecule has 0 aromatic heterocycles. The molecule has 0 aromatic rings. The second-order valence-corrected chi connectivity index (χ2v) is 2.83. The Bertz CT molecular complexity index is 119. The standard InChI is InChI=1S/C8H17NO3/c1-9(4-3-5-10)6-8(11)7-12-2/h5,8,11H,3-4,6-7H2,1-2H3. The normalized spacial score (nSPS) is 13.3. The van der Waals surface area contributed by atoms with E-state index in [0.717, 1.165) is 6.29 Å². The van der Waals surface area contributed by atoms with Gasteiger partial charge >= 0.3 is 0 Å². The average Bonchev–Trinajstić information content (AvgIpc) is 2.01. The number of hydrogen-bond donors (Lipinski definition) is 1. The van der Waals surface area contributed by atoms with Crippen LogP contribution in [0.2, 0.25) is 0 Å². The Kier molecular flexibility index (Phi) is 6.94. The molecule has 0 saturated carbocycles. The largest absolute Gasteiger partial charge is 0.389 e. The SMILES string of the molecule is COCC(O)CN(C)CCC=O. The number of carbonyl (C=O) groups is 1. The lowest BCUT2D eigenvalue weighted by Gasteiger charge is -2.18. The number of carbonyl (C=O) groups excluding carboxylic acids is 1. The van der Waals surface area contributed by atoms with E-state index < -0.39 is 6.10 Å². The van der Waals surface area contributed by atoms with Crippen LogP contribution in [0.15, 0.2) is 0 Å². The molecular weight excluding hydrogens is 158 g/mol. The average molecular weight is 175 g/mol. The van der Waals surface area contributed by atoms with E-state index in [4.69, 9.17) is 4.74 Å². The number of nitrogens with zero attached hydrogens (tertiary/aromatic N) is 1. The summed E-state index contributed by atoms with van der Waals surface area (Å²) in [5.41, 5.74) is 0. The molecule has 0 spiro atoms. The van der Waals surface area contributed by atoms with Gasteiger partial charge in [0.25, 0.3) is 0 Å². The van der Waals surface area contributed by atoms with Crippen LogP contribution in [-0.2, 0) is 9.53 Å². The summed E-state index contributed by atoms with van der Waals surface area (Å²) >= 11 is 0. The van der Waals surface area contributed by atoms with E-state index in [1.807, 2.05) is 11.9 Å². The van der Waals surface area contributed by atoms with Gasteiger partial charge in [-0.3, -0.25) is 0 Å². The molecule has 72 valence electrons. The fraction of sp³-hybridized carbons (Fsp3) is 0.875. The number of aliphatic hydroxyl groups is 1. The van der Waals surface area contributed by atoms with Crippen molar-refractivity contribution in [2.45, 2.75) is 12.5 Å². The highest BCUT2D eigenvalue weighted by Gasteiger charge is 2.06. The van der Waals surface area contributed by atoms with Gasteiger partial charge in [0.2, 0.25) is 0 Å². The van der Waals surface area contributed by atoms with Gasteiger partial charge in [0.1, 0.15) is 6.29 Å². The summed E-state index contributed by atoms with van der Waals surface area (Å²) < 4.78 is 4.76.